The number of aromatic amines is 1. The zero-order valence-electron chi connectivity index (χ0n) is 11.4. The van der Waals surface area contributed by atoms with E-state index in [4.69, 9.17) is 5.73 Å². The number of H-pyrrole nitrogens is 1. The molecule has 0 spiro atoms. The number of nitrogens with zero attached hydrogens (tertiary/aromatic N) is 2. The number of aromatic nitrogens is 2. The minimum absolute atomic E-state index is 0.226. The summed E-state index contributed by atoms with van der Waals surface area (Å²) < 4.78 is 37.6. The highest BCUT2D eigenvalue weighted by atomic mass is 19.4. The number of nitrogens with one attached hydrogen (secondary N) is 1. The van der Waals surface area contributed by atoms with Crippen molar-refractivity contribution in [2.24, 2.45) is 0 Å². The van der Waals surface area contributed by atoms with Gasteiger partial charge in [0, 0.05) is 17.7 Å². The first-order chi connectivity index (χ1) is 10.4. The maximum absolute atomic E-state index is 12.5. The van der Waals surface area contributed by atoms with E-state index in [-0.39, 0.29) is 11.5 Å². The summed E-state index contributed by atoms with van der Waals surface area (Å²) in [5.74, 6) is 0.115. The zero-order chi connectivity index (χ0) is 15.9. The molecule has 1 aromatic carbocycles. The van der Waals surface area contributed by atoms with Crippen molar-refractivity contribution in [3.8, 4) is 0 Å². The molecule has 0 unspecified atom stereocenters. The van der Waals surface area contributed by atoms with Gasteiger partial charge in [-0.2, -0.15) is 18.3 Å². The number of halogens is 3. The van der Waals surface area contributed by atoms with Gasteiger partial charge in [-0.05, 0) is 30.7 Å². The zero-order valence-corrected chi connectivity index (χ0v) is 11.4. The Morgan fingerprint density at radius 3 is 2.59 bits per heavy atom. The van der Waals surface area contributed by atoms with Crippen LogP contribution in [0.2, 0.25) is 0 Å². The first-order valence-corrected chi connectivity index (χ1v) is 6.64. The van der Waals surface area contributed by atoms with Crippen molar-refractivity contribution in [2.75, 3.05) is 12.3 Å². The third-order valence-electron chi connectivity index (χ3n) is 3.71. The van der Waals surface area contributed by atoms with Crippen LogP contribution in [-0.2, 0) is 19.1 Å². The van der Waals surface area contributed by atoms with Crippen LogP contribution in [0, 0.1) is 0 Å². The fraction of sp³-hybridized carbons (Fsp3) is 0.286. The third kappa shape index (κ3) is 2.51. The van der Waals surface area contributed by atoms with Crippen LogP contribution in [0.3, 0.4) is 0 Å². The lowest BCUT2D eigenvalue weighted by atomic mass is 10.0. The second-order valence-corrected chi connectivity index (χ2v) is 5.12. The number of alkyl halides is 3. The molecule has 0 bridgehead atoms. The predicted molar refractivity (Wildman–Crippen MR) is 72.9 cm³/mol. The van der Waals surface area contributed by atoms with E-state index in [1.807, 2.05) is 0 Å². The molecule has 2 heterocycles. The molecule has 5 nitrogen and oxygen atoms in total. The molecule has 0 aliphatic carbocycles. The van der Waals surface area contributed by atoms with Crippen LogP contribution in [0.4, 0.5) is 19.0 Å². The molecule has 3 rings (SSSR count). The summed E-state index contributed by atoms with van der Waals surface area (Å²) in [7, 11) is 0. The van der Waals surface area contributed by atoms with Gasteiger partial charge in [0.25, 0.3) is 5.91 Å². The molecule has 8 heteroatoms. The Bertz CT molecular complexity index is 706. The number of hydrogen-bond acceptors (Lipinski definition) is 3. The summed E-state index contributed by atoms with van der Waals surface area (Å²) in [6.45, 7) is 0.774. The second-order valence-electron chi connectivity index (χ2n) is 5.12. The van der Waals surface area contributed by atoms with E-state index >= 15 is 0 Å². The predicted octanol–water partition coefficient (Wildman–Crippen LogP) is 2.21. The number of amides is 1. The van der Waals surface area contributed by atoms with Crippen molar-refractivity contribution in [1.29, 1.82) is 0 Å². The summed E-state index contributed by atoms with van der Waals surface area (Å²) in [5, 5.41) is 6.67. The highest BCUT2D eigenvalue weighted by Gasteiger charge is 2.31. The van der Waals surface area contributed by atoms with Crippen molar-refractivity contribution < 1.29 is 18.0 Å². The summed E-state index contributed by atoms with van der Waals surface area (Å²) in [6, 6.07) is 4.22. The summed E-state index contributed by atoms with van der Waals surface area (Å²) in [5.41, 5.74) is 6.82. The van der Waals surface area contributed by atoms with Gasteiger partial charge in [-0.3, -0.25) is 9.89 Å². The number of nitrogens with two attached hydrogens (primary N) is 1. The minimum atomic E-state index is -4.41. The molecular weight excluding hydrogens is 297 g/mol. The fourth-order valence-corrected chi connectivity index (χ4v) is 2.50. The molecule has 1 aliphatic heterocycles. The molecule has 116 valence electrons. The van der Waals surface area contributed by atoms with E-state index < -0.39 is 11.7 Å². The maximum Gasteiger partial charge on any atom is 0.416 e. The van der Waals surface area contributed by atoms with E-state index in [0.717, 1.165) is 23.4 Å². The van der Waals surface area contributed by atoms with Gasteiger partial charge < -0.3 is 10.6 Å². The highest BCUT2D eigenvalue weighted by Crippen LogP contribution is 2.29. The molecule has 1 amide bonds. The standard InChI is InChI=1S/C14H13F3N4O/c15-14(16,17)9-3-1-8(2-4-9)13(22)21-6-5-10-11(7-21)19-20-12(10)18/h1-4H,5-7H2,(H3,18,19,20). The van der Waals surface area contributed by atoms with Crippen molar-refractivity contribution in [1.82, 2.24) is 15.1 Å². The molecule has 0 atom stereocenters. The molecule has 0 radical (unpaired) electrons. The Morgan fingerprint density at radius 1 is 1.27 bits per heavy atom. The highest BCUT2D eigenvalue weighted by molar-refractivity contribution is 5.94. The van der Waals surface area contributed by atoms with E-state index in [0.29, 0.717) is 25.3 Å². The van der Waals surface area contributed by atoms with Gasteiger partial charge in [-0.15, -0.1) is 0 Å². The first-order valence-electron chi connectivity index (χ1n) is 6.64. The number of carbonyl (C=O) groups excluding carboxylic acids is 1. The second kappa shape index (κ2) is 5.04. The number of rotatable bonds is 1. The van der Waals surface area contributed by atoms with Crippen molar-refractivity contribution in [2.45, 2.75) is 19.1 Å². The number of anilines is 1. The van der Waals surface area contributed by atoms with E-state index in [1.165, 1.54) is 12.1 Å². The fourth-order valence-electron chi connectivity index (χ4n) is 2.50. The maximum atomic E-state index is 12.5. The number of benzene rings is 1. The Hall–Kier alpha value is -2.51. The van der Waals surface area contributed by atoms with Crippen LogP contribution in [0.5, 0.6) is 0 Å². The first kappa shape index (κ1) is 14.4. The number of carbonyl (C=O) groups is 1. The van der Waals surface area contributed by atoms with E-state index in [9.17, 15) is 18.0 Å². The molecule has 22 heavy (non-hydrogen) atoms. The van der Waals surface area contributed by atoms with E-state index in [1.54, 1.807) is 4.90 Å². The Kier molecular flexibility index (Phi) is 3.31. The van der Waals surface area contributed by atoms with Crippen LogP contribution in [0.15, 0.2) is 24.3 Å². The molecule has 1 aromatic heterocycles. The van der Waals surface area contributed by atoms with Crippen molar-refractivity contribution in [3.05, 3.63) is 46.6 Å². The van der Waals surface area contributed by atoms with Gasteiger partial charge in [0.1, 0.15) is 5.82 Å². The van der Waals surface area contributed by atoms with E-state index in [2.05, 4.69) is 10.2 Å². The smallest absolute Gasteiger partial charge is 0.382 e. The molecule has 0 saturated carbocycles. The molecule has 2 aromatic rings. The number of nitrogen functional groups attached to an aromatic ring is 1. The molecule has 0 fully saturated rings. The Labute approximate surface area is 123 Å². The van der Waals surface area contributed by atoms with Gasteiger partial charge >= 0.3 is 6.18 Å². The quantitative estimate of drug-likeness (QED) is 0.848. The summed E-state index contributed by atoms with van der Waals surface area (Å²) in [4.78, 5) is 13.9. The average molecular weight is 310 g/mol. The van der Waals surface area contributed by atoms with Crippen LogP contribution < -0.4 is 5.73 Å². The summed E-state index contributed by atoms with van der Waals surface area (Å²) >= 11 is 0. The minimum Gasteiger partial charge on any atom is -0.382 e. The number of hydrogen-bond donors (Lipinski definition) is 2. The van der Waals surface area contributed by atoms with Crippen LogP contribution >= 0.6 is 0 Å². The van der Waals surface area contributed by atoms with Crippen LogP contribution in [0.25, 0.3) is 0 Å². The lowest BCUT2D eigenvalue weighted by Crippen LogP contribution is -2.36. The topological polar surface area (TPSA) is 75.0 Å². The monoisotopic (exact) mass is 310 g/mol. The largest absolute Gasteiger partial charge is 0.416 e. The van der Waals surface area contributed by atoms with Gasteiger partial charge in [0.05, 0.1) is 17.8 Å². The average Bonchev–Trinajstić information content (AvgIpc) is 2.87. The van der Waals surface area contributed by atoms with Crippen molar-refractivity contribution >= 4 is 11.7 Å². The SMILES string of the molecule is Nc1n[nH]c2c1CCN(C(=O)c1ccc(C(F)(F)F)cc1)C2. The molecule has 0 saturated heterocycles. The lowest BCUT2D eigenvalue weighted by molar-refractivity contribution is -0.137. The summed E-state index contributed by atoms with van der Waals surface area (Å²) in [6.07, 6.45) is -3.83. The molecule has 3 N–H and O–H groups in total. The van der Waals surface area contributed by atoms with Gasteiger partial charge in [-0.25, -0.2) is 0 Å². The van der Waals surface area contributed by atoms with Crippen LogP contribution in [-0.4, -0.2) is 27.5 Å². The molecular formula is C14H13F3N4O. The van der Waals surface area contributed by atoms with Crippen molar-refractivity contribution in [3.63, 3.8) is 0 Å². The number of fused-ring (bicyclic) bond motifs is 1. The Balaban J connectivity index is 1.78. The molecule has 1 aliphatic rings. The van der Waals surface area contributed by atoms with Gasteiger partial charge in [-0.1, -0.05) is 0 Å². The van der Waals surface area contributed by atoms with Gasteiger partial charge in [0.15, 0.2) is 0 Å². The Morgan fingerprint density at radius 2 is 1.95 bits per heavy atom. The lowest BCUT2D eigenvalue weighted by Gasteiger charge is -2.26. The van der Waals surface area contributed by atoms with Crippen LogP contribution in [0.1, 0.15) is 27.2 Å². The van der Waals surface area contributed by atoms with Gasteiger partial charge in [0.2, 0.25) is 0 Å². The third-order valence-corrected chi connectivity index (χ3v) is 3.71. The normalized spacial score (nSPS) is 14.8.